The Balaban J connectivity index is 1.50. The molecule has 1 saturated heterocycles. The van der Waals surface area contributed by atoms with Gasteiger partial charge in [-0.2, -0.15) is 0 Å². The van der Waals surface area contributed by atoms with E-state index in [9.17, 15) is 14.7 Å². The number of hydrogen-bond donors (Lipinski definition) is 1. The second-order valence-electron chi connectivity index (χ2n) is 8.72. The van der Waals surface area contributed by atoms with Crippen LogP contribution in [0.1, 0.15) is 41.6 Å². The van der Waals surface area contributed by atoms with Gasteiger partial charge in [-0.15, -0.1) is 0 Å². The number of fused-ring (bicyclic) bond motifs is 5. The zero-order chi connectivity index (χ0) is 21.0. The Kier molecular flexibility index (Phi) is 4.54. The summed E-state index contributed by atoms with van der Waals surface area (Å²) in [7, 11) is 0. The minimum absolute atomic E-state index is 0.0898. The molecular weight excluding hydrogens is 380 g/mol. The number of rotatable bonds is 3. The first-order valence-electron chi connectivity index (χ1n) is 10.6. The maximum atomic E-state index is 12.2. The second kappa shape index (κ2) is 7.13. The maximum Gasteiger partial charge on any atom is 0.336 e. The number of aromatic nitrogens is 1. The summed E-state index contributed by atoms with van der Waals surface area (Å²) >= 11 is 0. The Morgan fingerprint density at radius 3 is 2.77 bits per heavy atom. The van der Waals surface area contributed by atoms with Crippen LogP contribution in [-0.2, 0) is 19.5 Å². The summed E-state index contributed by atoms with van der Waals surface area (Å²) in [6.45, 7) is 6.97. The first-order valence-corrected chi connectivity index (χ1v) is 10.6. The molecular formula is C24H26N2O4. The molecule has 0 radical (unpaired) electrons. The quantitative estimate of drug-likeness (QED) is 0.677. The molecule has 1 fully saturated rings. The number of piperidine rings is 1. The standard InChI is InChI=1S/C24H26N2O4/c1-3-16-9-22(28)30-24-14(2)23(29)18(8-19(16)24)13-25-10-15-7-17(12-25)20-5-4-6-21(27)26(20)11-15/h4-6,8-9,15,17,29H,3,7,10-13H2,1-2H3/t15-,17+/m1/s1. The Bertz CT molecular complexity index is 1260. The van der Waals surface area contributed by atoms with E-state index in [0.29, 0.717) is 29.5 Å². The normalized spacial score (nSPS) is 21.0. The van der Waals surface area contributed by atoms with Crippen molar-refractivity contribution in [2.45, 2.75) is 45.7 Å². The number of benzene rings is 1. The van der Waals surface area contributed by atoms with Gasteiger partial charge in [0, 0.05) is 66.4 Å². The number of pyridine rings is 1. The first-order chi connectivity index (χ1) is 14.4. The van der Waals surface area contributed by atoms with Gasteiger partial charge in [-0.3, -0.25) is 9.69 Å². The number of aryl methyl sites for hydroxylation is 2. The zero-order valence-corrected chi connectivity index (χ0v) is 17.4. The topological polar surface area (TPSA) is 75.7 Å². The van der Waals surface area contributed by atoms with Crippen LogP contribution in [0.5, 0.6) is 5.75 Å². The van der Waals surface area contributed by atoms with Crippen LogP contribution in [0, 0.1) is 12.8 Å². The van der Waals surface area contributed by atoms with Crippen LogP contribution in [0.15, 0.2) is 44.3 Å². The van der Waals surface area contributed by atoms with E-state index in [0.717, 1.165) is 54.7 Å². The molecule has 0 amide bonds. The lowest BCUT2D eigenvalue weighted by Gasteiger charge is -2.42. The van der Waals surface area contributed by atoms with Gasteiger partial charge >= 0.3 is 5.63 Å². The van der Waals surface area contributed by atoms with Gasteiger partial charge in [0.15, 0.2) is 0 Å². The summed E-state index contributed by atoms with van der Waals surface area (Å²) in [5.41, 5.74) is 3.72. The highest BCUT2D eigenvalue weighted by Crippen LogP contribution is 2.37. The van der Waals surface area contributed by atoms with Gasteiger partial charge < -0.3 is 14.1 Å². The van der Waals surface area contributed by atoms with E-state index in [1.807, 2.05) is 23.6 Å². The van der Waals surface area contributed by atoms with Gasteiger partial charge in [0.2, 0.25) is 0 Å². The van der Waals surface area contributed by atoms with E-state index < -0.39 is 0 Å². The molecule has 4 heterocycles. The average molecular weight is 406 g/mol. The van der Waals surface area contributed by atoms with E-state index in [1.54, 1.807) is 19.1 Å². The summed E-state index contributed by atoms with van der Waals surface area (Å²) in [4.78, 5) is 26.5. The van der Waals surface area contributed by atoms with Crippen LogP contribution in [0.3, 0.4) is 0 Å². The zero-order valence-electron chi connectivity index (χ0n) is 17.4. The van der Waals surface area contributed by atoms with Gasteiger partial charge in [0.25, 0.3) is 5.56 Å². The van der Waals surface area contributed by atoms with Crippen LogP contribution in [0.2, 0.25) is 0 Å². The lowest BCUT2D eigenvalue weighted by atomic mass is 9.83. The predicted octanol–water partition coefficient (Wildman–Crippen LogP) is 3.15. The fourth-order valence-corrected chi connectivity index (χ4v) is 5.36. The van der Waals surface area contributed by atoms with Gasteiger partial charge in [-0.1, -0.05) is 13.0 Å². The van der Waals surface area contributed by atoms with Crippen molar-refractivity contribution in [2.75, 3.05) is 13.1 Å². The summed E-state index contributed by atoms with van der Waals surface area (Å²) in [6, 6.07) is 9.08. The summed E-state index contributed by atoms with van der Waals surface area (Å²) in [5.74, 6) is 0.967. The fourth-order valence-electron chi connectivity index (χ4n) is 5.36. The number of hydrogen-bond acceptors (Lipinski definition) is 5. The van der Waals surface area contributed by atoms with Crippen molar-refractivity contribution < 1.29 is 9.52 Å². The minimum atomic E-state index is -0.382. The van der Waals surface area contributed by atoms with Crippen LogP contribution >= 0.6 is 0 Å². The molecule has 1 N–H and O–H groups in total. The van der Waals surface area contributed by atoms with E-state index in [1.165, 1.54) is 0 Å². The molecule has 6 nitrogen and oxygen atoms in total. The number of likely N-dealkylation sites (tertiary alicyclic amines) is 1. The Labute approximate surface area is 174 Å². The van der Waals surface area contributed by atoms with Crippen LogP contribution in [-0.4, -0.2) is 27.7 Å². The monoisotopic (exact) mass is 406 g/mol. The molecule has 156 valence electrons. The molecule has 2 bridgehead atoms. The molecule has 0 saturated carbocycles. The van der Waals surface area contributed by atoms with Crippen LogP contribution in [0.25, 0.3) is 11.0 Å². The number of phenolic OH excluding ortho intramolecular Hbond substituents is 1. The molecule has 3 aromatic rings. The third-order valence-corrected chi connectivity index (χ3v) is 6.73. The number of nitrogens with zero attached hydrogens (tertiary/aromatic N) is 2. The number of aromatic hydroxyl groups is 1. The van der Waals surface area contributed by atoms with E-state index in [4.69, 9.17) is 4.42 Å². The SMILES string of the molecule is CCc1cc(=O)oc2c(C)c(O)c(CN3C[C@H]4C[C@@H](C3)c3cccc(=O)n3C4)cc12. The molecule has 2 aliphatic rings. The molecule has 30 heavy (non-hydrogen) atoms. The third-order valence-electron chi connectivity index (χ3n) is 6.73. The van der Waals surface area contributed by atoms with Crippen molar-refractivity contribution in [3.8, 4) is 5.75 Å². The molecule has 0 aliphatic carbocycles. The highest BCUT2D eigenvalue weighted by molar-refractivity contribution is 5.86. The second-order valence-corrected chi connectivity index (χ2v) is 8.72. The molecule has 0 spiro atoms. The third kappa shape index (κ3) is 3.06. The Hall–Kier alpha value is -2.86. The fraction of sp³-hybridized carbons (Fsp3) is 0.417. The Morgan fingerprint density at radius 2 is 1.97 bits per heavy atom. The van der Waals surface area contributed by atoms with Crippen LogP contribution < -0.4 is 11.2 Å². The van der Waals surface area contributed by atoms with Crippen molar-refractivity contribution in [1.82, 2.24) is 9.47 Å². The molecule has 2 aliphatic heterocycles. The van der Waals surface area contributed by atoms with Gasteiger partial charge in [0.05, 0.1) is 0 Å². The van der Waals surface area contributed by atoms with Gasteiger partial charge in [-0.05, 0) is 43.4 Å². The van der Waals surface area contributed by atoms with Crippen molar-refractivity contribution in [2.24, 2.45) is 5.92 Å². The maximum absolute atomic E-state index is 12.2. The lowest BCUT2D eigenvalue weighted by Crippen LogP contribution is -2.46. The summed E-state index contributed by atoms with van der Waals surface area (Å²) < 4.78 is 7.34. The number of phenols is 1. The van der Waals surface area contributed by atoms with Gasteiger partial charge in [0.1, 0.15) is 11.3 Å². The molecule has 5 rings (SSSR count). The van der Waals surface area contributed by atoms with E-state index in [-0.39, 0.29) is 16.9 Å². The summed E-state index contributed by atoms with van der Waals surface area (Å²) in [5, 5.41) is 11.7. The highest BCUT2D eigenvalue weighted by Gasteiger charge is 2.34. The smallest absolute Gasteiger partial charge is 0.336 e. The van der Waals surface area contributed by atoms with Gasteiger partial charge in [-0.25, -0.2) is 4.79 Å². The molecule has 1 aromatic carbocycles. The molecule has 2 atom stereocenters. The van der Waals surface area contributed by atoms with Crippen molar-refractivity contribution in [3.63, 3.8) is 0 Å². The molecule has 0 unspecified atom stereocenters. The first kappa shape index (κ1) is 19.1. The Morgan fingerprint density at radius 1 is 1.13 bits per heavy atom. The van der Waals surface area contributed by atoms with Crippen LogP contribution in [0.4, 0.5) is 0 Å². The molecule has 2 aromatic heterocycles. The van der Waals surface area contributed by atoms with E-state index >= 15 is 0 Å². The van der Waals surface area contributed by atoms with E-state index in [2.05, 4.69) is 11.0 Å². The van der Waals surface area contributed by atoms with Crippen molar-refractivity contribution in [3.05, 3.63) is 73.5 Å². The molecule has 6 heteroatoms. The van der Waals surface area contributed by atoms with Crippen molar-refractivity contribution in [1.29, 1.82) is 0 Å². The van der Waals surface area contributed by atoms with Crippen molar-refractivity contribution >= 4 is 11.0 Å². The predicted molar refractivity (Wildman–Crippen MR) is 115 cm³/mol. The summed E-state index contributed by atoms with van der Waals surface area (Å²) in [6.07, 6.45) is 1.83. The average Bonchev–Trinajstić information content (AvgIpc) is 2.72. The highest BCUT2D eigenvalue weighted by atomic mass is 16.4. The largest absolute Gasteiger partial charge is 0.507 e. The minimum Gasteiger partial charge on any atom is -0.507 e. The lowest BCUT2D eigenvalue weighted by molar-refractivity contribution is 0.113.